The number of aliphatic hydroxyl groups excluding tert-OH is 4. The van der Waals surface area contributed by atoms with Gasteiger partial charge < -0.3 is 25.7 Å². The molecule has 68 heavy (non-hydrogen) atoms. The topological polar surface area (TPSA) is 110 Å². The summed E-state index contributed by atoms with van der Waals surface area (Å²) in [4.78, 5) is 12.6. The molecule has 1 amide bonds. The van der Waals surface area contributed by atoms with E-state index in [1.165, 1.54) is 250 Å². The van der Waals surface area contributed by atoms with Gasteiger partial charge in [-0.15, -0.1) is 0 Å². The van der Waals surface area contributed by atoms with Crippen LogP contribution in [0, 0.1) is 0 Å². The van der Waals surface area contributed by atoms with E-state index < -0.39 is 36.9 Å². The van der Waals surface area contributed by atoms with E-state index in [-0.39, 0.29) is 0 Å². The van der Waals surface area contributed by atoms with Crippen LogP contribution >= 0.6 is 0 Å². The Morgan fingerprint density at radius 2 is 0.618 bits per heavy atom. The van der Waals surface area contributed by atoms with Gasteiger partial charge in [0.15, 0.2) is 0 Å². The molecule has 0 bridgehead atoms. The van der Waals surface area contributed by atoms with E-state index in [1.54, 1.807) is 0 Å². The van der Waals surface area contributed by atoms with E-state index in [1.807, 2.05) is 0 Å². The Hall–Kier alpha value is -1.47. The molecule has 0 fully saturated rings. The zero-order valence-electron chi connectivity index (χ0n) is 45.6. The first kappa shape index (κ1) is 66.5. The lowest BCUT2D eigenvalue weighted by Crippen LogP contribution is -2.53. The summed E-state index contributed by atoms with van der Waals surface area (Å²) in [7, 11) is 0. The van der Waals surface area contributed by atoms with Crippen molar-refractivity contribution in [1.82, 2.24) is 5.32 Å². The quantitative estimate of drug-likeness (QED) is 0.0308. The van der Waals surface area contributed by atoms with Crippen molar-refractivity contribution in [2.75, 3.05) is 6.61 Å². The summed E-state index contributed by atoms with van der Waals surface area (Å²) in [5.74, 6) is -0.594. The van der Waals surface area contributed by atoms with Crippen LogP contribution in [0.1, 0.15) is 322 Å². The van der Waals surface area contributed by atoms with Crippen molar-refractivity contribution < 1.29 is 25.2 Å². The molecule has 4 unspecified atom stereocenters. The van der Waals surface area contributed by atoms with E-state index in [4.69, 9.17) is 0 Å². The number of hydrogen-bond acceptors (Lipinski definition) is 5. The number of carbonyl (C=O) groups excluding carboxylic acids is 1. The van der Waals surface area contributed by atoms with Gasteiger partial charge in [0.05, 0.1) is 18.8 Å². The van der Waals surface area contributed by atoms with Gasteiger partial charge in [0.1, 0.15) is 12.2 Å². The summed E-state index contributed by atoms with van der Waals surface area (Å²) in [5, 5.41) is 43.9. The Labute approximate surface area is 424 Å². The molecule has 0 rings (SSSR count). The van der Waals surface area contributed by atoms with E-state index >= 15 is 0 Å². The molecule has 0 aliphatic rings. The highest BCUT2D eigenvalue weighted by Crippen LogP contribution is 2.18. The minimum atomic E-state index is -1.29. The molecule has 0 aromatic carbocycles. The van der Waals surface area contributed by atoms with Gasteiger partial charge in [-0.2, -0.15) is 0 Å². The second kappa shape index (κ2) is 56.4. The highest BCUT2D eigenvalue weighted by atomic mass is 16.3. The van der Waals surface area contributed by atoms with Gasteiger partial charge in [0.2, 0.25) is 5.91 Å². The van der Waals surface area contributed by atoms with Gasteiger partial charge in [-0.05, 0) is 77.0 Å². The summed E-state index contributed by atoms with van der Waals surface area (Å²) in [5.41, 5.74) is 0. The molecule has 4 atom stereocenters. The zero-order valence-corrected chi connectivity index (χ0v) is 45.6. The number of amides is 1. The molecule has 5 N–H and O–H groups in total. The molecule has 0 aliphatic heterocycles. The number of nitrogens with one attached hydrogen (secondary N) is 1. The van der Waals surface area contributed by atoms with Gasteiger partial charge >= 0.3 is 0 Å². The third-order valence-corrected chi connectivity index (χ3v) is 14.3. The smallest absolute Gasteiger partial charge is 0.249 e. The van der Waals surface area contributed by atoms with E-state index in [9.17, 15) is 25.2 Å². The molecule has 0 saturated heterocycles. The predicted octanol–water partition coefficient (Wildman–Crippen LogP) is 18.0. The fourth-order valence-electron chi connectivity index (χ4n) is 9.54. The standard InChI is InChI=1S/C62H119NO5/c1-3-5-7-9-11-13-15-17-19-21-22-23-24-25-26-27-28-29-30-31-32-33-34-35-36-37-38-39-40-42-44-46-48-50-52-54-56-60(66)62(68)63-58(57-64)61(67)59(65)55-53-51-49-47-45-43-41-20-18-16-14-12-10-8-6-4-2/h20,29-30,41,47,49,58-61,64-67H,3-19,21-28,31-40,42-46,48,50-57H2,1-2H3,(H,63,68)/b30-29-,41-20+,49-47+. The minimum Gasteiger partial charge on any atom is -0.394 e. The van der Waals surface area contributed by atoms with Crippen LogP contribution in [-0.4, -0.2) is 57.3 Å². The predicted molar refractivity (Wildman–Crippen MR) is 297 cm³/mol. The van der Waals surface area contributed by atoms with Crippen molar-refractivity contribution in [1.29, 1.82) is 0 Å². The van der Waals surface area contributed by atoms with Crippen LogP contribution < -0.4 is 5.32 Å². The van der Waals surface area contributed by atoms with Crippen molar-refractivity contribution in [2.45, 2.75) is 346 Å². The van der Waals surface area contributed by atoms with Crippen LogP contribution in [0.5, 0.6) is 0 Å². The van der Waals surface area contributed by atoms with Crippen LogP contribution in [0.3, 0.4) is 0 Å². The fourth-order valence-corrected chi connectivity index (χ4v) is 9.54. The summed E-state index contributed by atoms with van der Waals surface area (Å²) in [6.45, 7) is 4.06. The highest BCUT2D eigenvalue weighted by molar-refractivity contribution is 5.80. The number of aliphatic hydroxyl groups is 4. The summed E-state index contributed by atoms with van der Waals surface area (Å²) in [6.07, 6.45) is 71.0. The molecular formula is C62H119NO5. The maximum absolute atomic E-state index is 12.6. The Kier molecular flexibility index (Phi) is 55.2. The van der Waals surface area contributed by atoms with Crippen molar-refractivity contribution in [3.05, 3.63) is 36.5 Å². The van der Waals surface area contributed by atoms with E-state index in [0.29, 0.717) is 19.3 Å². The molecule has 0 spiro atoms. The maximum Gasteiger partial charge on any atom is 0.249 e. The Bertz CT molecular complexity index is 1080. The minimum absolute atomic E-state index is 0.362. The summed E-state index contributed by atoms with van der Waals surface area (Å²) in [6, 6.07) is -1.01. The lowest BCUT2D eigenvalue weighted by atomic mass is 10.00. The molecule has 0 heterocycles. The number of carbonyl (C=O) groups is 1. The fraction of sp³-hybridized carbons (Fsp3) is 0.887. The molecule has 6 nitrogen and oxygen atoms in total. The average molecular weight is 959 g/mol. The van der Waals surface area contributed by atoms with Crippen LogP contribution in [0.25, 0.3) is 0 Å². The van der Waals surface area contributed by atoms with Crippen LogP contribution in [0.15, 0.2) is 36.5 Å². The Morgan fingerprint density at radius 1 is 0.353 bits per heavy atom. The Balaban J connectivity index is 3.56. The monoisotopic (exact) mass is 958 g/mol. The van der Waals surface area contributed by atoms with Crippen LogP contribution in [0.4, 0.5) is 0 Å². The van der Waals surface area contributed by atoms with Gasteiger partial charge in [-0.25, -0.2) is 0 Å². The number of allylic oxidation sites excluding steroid dienone is 6. The molecular weight excluding hydrogens is 839 g/mol. The molecule has 0 aliphatic carbocycles. The first-order valence-electron chi connectivity index (χ1n) is 30.4. The van der Waals surface area contributed by atoms with Crippen molar-refractivity contribution in [2.24, 2.45) is 0 Å². The van der Waals surface area contributed by atoms with E-state index in [0.717, 1.165) is 38.5 Å². The largest absolute Gasteiger partial charge is 0.394 e. The second-order valence-corrected chi connectivity index (χ2v) is 21.0. The number of rotatable bonds is 56. The normalized spacial score (nSPS) is 13.9. The highest BCUT2D eigenvalue weighted by Gasteiger charge is 2.28. The lowest BCUT2D eigenvalue weighted by molar-refractivity contribution is -0.132. The molecule has 6 heteroatoms. The Morgan fingerprint density at radius 3 is 0.926 bits per heavy atom. The number of hydrogen-bond donors (Lipinski definition) is 5. The van der Waals surface area contributed by atoms with Crippen LogP contribution in [-0.2, 0) is 4.79 Å². The van der Waals surface area contributed by atoms with Crippen molar-refractivity contribution >= 4 is 5.91 Å². The first-order valence-corrected chi connectivity index (χ1v) is 30.4. The SMILES string of the molecule is CCCCCCCCC/C=C/CC/C=C/CCCC(O)C(O)C(CO)NC(=O)C(O)CCCCCCCCCCCCCCCCCC/C=C\CCCCCCCCCCCCCCCCCC. The average Bonchev–Trinajstić information content (AvgIpc) is 3.34. The van der Waals surface area contributed by atoms with Gasteiger partial charge in [0.25, 0.3) is 0 Å². The first-order chi connectivity index (χ1) is 33.5. The maximum atomic E-state index is 12.6. The lowest BCUT2D eigenvalue weighted by Gasteiger charge is -2.27. The summed E-state index contributed by atoms with van der Waals surface area (Å²) < 4.78 is 0. The third-order valence-electron chi connectivity index (χ3n) is 14.3. The zero-order chi connectivity index (χ0) is 49.5. The number of unbranched alkanes of at least 4 members (excludes halogenated alkanes) is 41. The van der Waals surface area contributed by atoms with Crippen molar-refractivity contribution in [3.63, 3.8) is 0 Å². The third kappa shape index (κ3) is 49.5. The van der Waals surface area contributed by atoms with Crippen LogP contribution in [0.2, 0.25) is 0 Å². The van der Waals surface area contributed by atoms with Crippen molar-refractivity contribution in [3.8, 4) is 0 Å². The molecule has 402 valence electrons. The summed E-state index contributed by atoms with van der Waals surface area (Å²) >= 11 is 0. The van der Waals surface area contributed by atoms with E-state index in [2.05, 4.69) is 55.6 Å². The second-order valence-electron chi connectivity index (χ2n) is 21.0. The molecule has 0 aromatic rings. The molecule has 0 saturated carbocycles. The molecule has 0 radical (unpaired) electrons. The van der Waals surface area contributed by atoms with Gasteiger partial charge in [-0.1, -0.05) is 281 Å². The van der Waals surface area contributed by atoms with Gasteiger partial charge in [-0.3, -0.25) is 4.79 Å². The molecule has 0 aromatic heterocycles. The van der Waals surface area contributed by atoms with Gasteiger partial charge in [0, 0.05) is 0 Å².